The summed E-state index contributed by atoms with van der Waals surface area (Å²) in [6.07, 6.45) is 1.96. The van der Waals surface area contributed by atoms with Gasteiger partial charge in [0.15, 0.2) is 6.61 Å². The molecular weight excluding hydrogens is 344 g/mol. The van der Waals surface area contributed by atoms with Crippen LogP contribution in [0.5, 0.6) is 11.5 Å². The first-order valence-electron chi connectivity index (χ1n) is 9.00. The minimum atomic E-state index is -0.259. The largest absolute Gasteiger partial charge is 0.496 e. The van der Waals surface area contributed by atoms with E-state index in [9.17, 15) is 9.59 Å². The second-order valence-corrected chi connectivity index (χ2v) is 6.22. The number of carbonyl (C=O) groups is 2. The number of nitrogens with one attached hydrogen (secondary N) is 2. The molecule has 2 rings (SSSR count). The third-order valence-corrected chi connectivity index (χ3v) is 3.96. The summed E-state index contributed by atoms with van der Waals surface area (Å²) in [6.45, 7) is 4.01. The Kier molecular flexibility index (Phi) is 7.67. The third-order valence-electron chi connectivity index (χ3n) is 3.96. The highest BCUT2D eigenvalue weighted by Gasteiger charge is 2.12. The van der Waals surface area contributed by atoms with Crippen LogP contribution < -0.4 is 20.1 Å². The van der Waals surface area contributed by atoms with Crippen molar-refractivity contribution in [2.45, 2.75) is 32.7 Å². The van der Waals surface area contributed by atoms with Crippen LogP contribution in [0.3, 0.4) is 0 Å². The van der Waals surface area contributed by atoms with Crippen molar-refractivity contribution in [1.82, 2.24) is 5.32 Å². The number of benzene rings is 2. The van der Waals surface area contributed by atoms with E-state index in [-0.39, 0.29) is 24.5 Å². The average Bonchev–Trinajstić information content (AvgIpc) is 2.67. The molecule has 0 radical (unpaired) electrons. The summed E-state index contributed by atoms with van der Waals surface area (Å²) in [7, 11) is 1.53. The Balaban J connectivity index is 1.88. The monoisotopic (exact) mass is 370 g/mol. The second kappa shape index (κ2) is 10.2. The summed E-state index contributed by atoms with van der Waals surface area (Å²) < 4.78 is 10.7. The highest BCUT2D eigenvalue weighted by atomic mass is 16.5. The molecule has 0 aliphatic carbocycles. The molecule has 0 heterocycles. The van der Waals surface area contributed by atoms with E-state index in [2.05, 4.69) is 17.6 Å². The van der Waals surface area contributed by atoms with Gasteiger partial charge in [-0.25, -0.2) is 0 Å². The highest BCUT2D eigenvalue weighted by Crippen LogP contribution is 2.20. The van der Waals surface area contributed by atoms with E-state index in [0.717, 1.165) is 12.8 Å². The van der Waals surface area contributed by atoms with Crippen LogP contribution in [0, 0.1) is 0 Å². The molecule has 0 spiro atoms. The number of para-hydroxylation sites is 1. The number of anilines is 1. The molecule has 27 heavy (non-hydrogen) atoms. The van der Waals surface area contributed by atoms with E-state index < -0.39 is 0 Å². The molecule has 1 atom stereocenters. The summed E-state index contributed by atoms with van der Waals surface area (Å²) in [5.74, 6) is 0.664. The zero-order valence-corrected chi connectivity index (χ0v) is 16.0. The van der Waals surface area contributed by atoms with Gasteiger partial charge in [0.1, 0.15) is 11.5 Å². The lowest BCUT2D eigenvalue weighted by Gasteiger charge is -2.13. The van der Waals surface area contributed by atoms with E-state index in [4.69, 9.17) is 9.47 Å². The van der Waals surface area contributed by atoms with Gasteiger partial charge in [-0.2, -0.15) is 0 Å². The van der Waals surface area contributed by atoms with Gasteiger partial charge in [0.25, 0.3) is 11.8 Å². The molecule has 0 aromatic heterocycles. The van der Waals surface area contributed by atoms with E-state index >= 15 is 0 Å². The molecule has 0 aliphatic heterocycles. The van der Waals surface area contributed by atoms with Crippen LogP contribution in [-0.2, 0) is 4.79 Å². The molecule has 0 saturated carbocycles. The lowest BCUT2D eigenvalue weighted by Crippen LogP contribution is -2.35. The van der Waals surface area contributed by atoms with Crippen LogP contribution in [0.15, 0.2) is 48.5 Å². The van der Waals surface area contributed by atoms with Crippen LogP contribution in [0.25, 0.3) is 0 Å². The normalized spacial score (nSPS) is 11.4. The van der Waals surface area contributed by atoms with Crippen LogP contribution in [0.1, 0.15) is 37.0 Å². The smallest absolute Gasteiger partial charge is 0.259 e. The molecule has 6 nitrogen and oxygen atoms in total. The van der Waals surface area contributed by atoms with Gasteiger partial charge >= 0.3 is 0 Å². The number of carbonyl (C=O) groups excluding carboxylic acids is 2. The van der Waals surface area contributed by atoms with Crippen LogP contribution in [-0.4, -0.2) is 31.6 Å². The van der Waals surface area contributed by atoms with Gasteiger partial charge in [0, 0.05) is 11.7 Å². The molecule has 0 fully saturated rings. The Morgan fingerprint density at radius 3 is 2.44 bits per heavy atom. The van der Waals surface area contributed by atoms with E-state index in [0.29, 0.717) is 22.7 Å². The van der Waals surface area contributed by atoms with Crippen LogP contribution in [0.2, 0.25) is 0 Å². The third kappa shape index (κ3) is 6.33. The first-order valence-corrected chi connectivity index (χ1v) is 9.00. The van der Waals surface area contributed by atoms with Crippen molar-refractivity contribution >= 4 is 17.5 Å². The van der Waals surface area contributed by atoms with Crippen molar-refractivity contribution in [3.63, 3.8) is 0 Å². The number of methoxy groups -OCH3 is 1. The van der Waals surface area contributed by atoms with Crippen LogP contribution >= 0.6 is 0 Å². The molecule has 144 valence electrons. The van der Waals surface area contributed by atoms with Gasteiger partial charge in [-0.3, -0.25) is 9.59 Å². The lowest BCUT2D eigenvalue weighted by molar-refractivity contribution is -0.123. The minimum absolute atomic E-state index is 0.0407. The topological polar surface area (TPSA) is 76.7 Å². The van der Waals surface area contributed by atoms with Gasteiger partial charge < -0.3 is 20.1 Å². The molecule has 6 heteroatoms. The number of amides is 2. The first kappa shape index (κ1) is 20.3. The summed E-state index contributed by atoms with van der Waals surface area (Å²) in [4.78, 5) is 24.2. The second-order valence-electron chi connectivity index (χ2n) is 6.22. The molecular formula is C21H26N2O4. The van der Waals surface area contributed by atoms with Gasteiger partial charge in [0.2, 0.25) is 0 Å². The van der Waals surface area contributed by atoms with E-state index in [1.807, 2.05) is 6.92 Å². The van der Waals surface area contributed by atoms with Gasteiger partial charge in [-0.05, 0) is 49.7 Å². The quantitative estimate of drug-likeness (QED) is 0.707. The molecule has 2 aromatic rings. The van der Waals surface area contributed by atoms with Crippen molar-refractivity contribution in [3.05, 3.63) is 54.1 Å². The predicted molar refractivity (Wildman–Crippen MR) is 105 cm³/mol. The number of rotatable bonds is 9. The minimum Gasteiger partial charge on any atom is -0.496 e. The molecule has 2 aromatic carbocycles. The van der Waals surface area contributed by atoms with Crippen molar-refractivity contribution in [2.24, 2.45) is 0 Å². The van der Waals surface area contributed by atoms with Crippen molar-refractivity contribution in [2.75, 3.05) is 19.0 Å². The number of ether oxygens (including phenoxy) is 2. The Labute approximate surface area is 159 Å². The average molecular weight is 370 g/mol. The fourth-order valence-electron chi connectivity index (χ4n) is 2.64. The van der Waals surface area contributed by atoms with E-state index in [1.54, 1.807) is 48.5 Å². The Morgan fingerprint density at radius 2 is 1.78 bits per heavy atom. The van der Waals surface area contributed by atoms with Gasteiger partial charge in [-0.1, -0.05) is 25.5 Å². The van der Waals surface area contributed by atoms with Crippen molar-refractivity contribution in [1.29, 1.82) is 0 Å². The molecule has 2 N–H and O–H groups in total. The van der Waals surface area contributed by atoms with Crippen molar-refractivity contribution in [3.8, 4) is 11.5 Å². The van der Waals surface area contributed by atoms with E-state index in [1.165, 1.54) is 7.11 Å². The SMILES string of the molecule is CCC[C@H](C)NC(=O)COc1ccc(NC(=O)c2ccccc2OC)cc1. The molecule has 0 bridgehead atoms. The predicted octanol–water partition coefficient (Wildman–Crippen LogP) is 3.63. The van der Waals surface area contributed by atoms with Crippen LogP contribution in [0.4, 0.5) is 5.69 Å². The maximum absolute atomic E-state index is 12.4. The summed E-state index contributed by atoms with van der Waals surface area (Å²) in [5, 5.41) is 5.70. The van der Waals surface area contributed by atoms with Gasteiger partial charge in [0.05, 0.1) is 12.7 Å². The maximum atomic E-state index is 12.4. The van der Waals surface area contributed by atoms with Gasteiger partial charge in [-0.15, -0.1) is 0 Å². The summed E-state index contributed by atoms with van der Waals surface area (Å²) in [5.41, 5.74) is 1.08. The van der Waals surface area contributed by atoms with Crippen molar-refractivity contribution < 1.29 is 19.1 Å². The Hall–Kier alpha value is -3.02. The number of hydrogen-bond acceptors (Lipinski definition) is 4. The lowest BCUT2D eigenvalue weighted by atomic mass is 10.2. The Morgan fingerprint density at radius 1 is 1.07 bits per heavy atom. The zero-order valence-electron chi connectivity index (χ0n) is 16.0. The zero-order chi connectivity index (χ0) is 19.6. The molecule has 0 aliphatic rings. The molecule has 0 saturated heterocycles. The summed E-state index contributed by atoms with van der Waals surface area (Å²) >= 11 is 0. The Bertz CT molecular complexity index is 759. The standard InChI is InChI=1S/C21H26N2O4/c1-4-7-15(2)22-20(24)14-27-17-12-10-16(11-13-17)23-21(25)18-8-5-6-9-19(18)26-3/h5-6,8-13,15H,4,7,14H2,1-3H3,(H,22,24)(H,23,25)/t15-/m0/s1. The fraction of sp³-hybridized carbons (Fsp3) is 0.333. The highest BCUT2D eigenvalue weighted by molar-refractivity contribution is 6.06. The maximum Gasteiger partial charge on any atom is 0.259 e. The number of hydrogen-bond donors (Lipinski definition) is 2. The molecule has 0 unspecified atom stereocenters. The molecule has 2 amide bonds. The first-order chi connectivity index (χ1) is 13.0. The summed E-state index contributed by atoms with van der Waals surface area (Å²) in [6, 6.07) is 14.0. The fourth-order valence-corrected chi connectivity index (χ4v) is 2.64.